The van der Waals surface area contributed by atoms with Crippen molar-refractivity contribution >= 4 is 41.4 Å². The topological polar surface area (TPSA) is 236 Å². The molecule has 4 aromatic rings. The summed E-state index contributed by atoms with van der Waals surface area (Å²) >= 11 is 0. The lowest BCUT2D eigenvalue weighted by Crippen LogP contribution is -2.61. The zero-order chi connectivity index (χ0) is 51.9. The molecule has 0 aliphatic rings. The molecule has 7 atom stereocenters. The first kappa shape index (κ1) is 56.7. The number of hydrogen-bond acceptors (Lipinski definition) is 10. The van der Waals surface area contributed by atoms with Gasteiger partial charge in [0.05, 0.1) is 25.3 Å². The Morgan fingerprint density at radius 2 is 0.972 bits per heavy atom. The van der Waals surface area contributed by atoms with Gasteiger partial charge >= 0.3 is 5.97 Å². The minimum Gasteiger partial charge on any atom is -0.459 e. The SMILES string of the molecule is CC(C)C[C@H](NC(=O)[C@@H](NC(=O)[C@H](Cc1ccccc1)NC(=O)C(C(=O)N[C@H](Cc1ccccc1)NC(=O)CNC(=O)[C@@H](N)CC(C)C)C(C)C)[C@@H](C)OCc1ccccc1)C(=O)OCc1ccccc1. The van der Waals surface area contributed by atoms with Gasteiger partial charge in [-0.15, -0.1) is 0 Å². The van der Waals surface area contributed by atoms with Crippen LogP contribution in [-0.4, -0.2) is 84.4 Å². The molecule has 382 valence electrons. The molecule has 1 unspecified atom stereocenters. The Bertz CT molecular complexity index is 2300. The molecule has 0 heterocycles. The number of esters is 1. The van der Waals surface area contributed by atoms with E-state index in [2.05, 4.69) is 31.9 Å². The maximum Gasteiger partial charge on any atom is 0.328 e. The summed E-state index contributed by atoms with van der Waals surface area (Å²) in [6.45, 7) is 12.4. The average molecular weight is 976 g/mol. The number of benzene rings is 4. The van der Waals surface area contributed by atoms with Crippen molar-refractivity contribution in [1.29, 1.82) is 0 Å². The van der Waals surface area contributed by atoms with Crippen molar-refractivity contribution in [2.45, 2.75) is 124 Å². The predicted molar refractivity (Wildman–Crippen MR) is 271 cm³/mol. The Kier molecular flexibility index (Phi) is 23.4. The largest absolute Gasteiger partial charge is 0.459 e. The summed E-state index contributed by atoms with van der Waals surface area (Å²) in [5.41, 5.74) is 9.04. The van der Waals surface area contributed by atoms with E-state index < -0.39 is 96.2 Å². The van der Waals surface area contributed by atoms with Crippen LogP contribution in [-0.2, 0) is 69.1 Å². The molecular weight excluding hydrogens is 903 g/mol. The summed E-state index contributed by atoms with van der Waals surface area (Å²) in [4.78, 5) is 97.2. The van der Waals surface area contributed by atoms with Crippen LogP contribution < -0.4 is 37.6 Å². The van der Waals surface area contributed by atoms with Gasteiger partial charge in [-0.3, -0.25) is 28.8 Å². The summed E-state index contributed by atoms with van der Waals surface area (Å²) in [5, 5.41) is 16.6. The molecule has 6 amide bonds. The van der Waals surface area contributed by atoms with Crippen LogP contribution in [0.4, 0.5) is 0 Å². The molecule has 0 saturated carbocycles. The van der Waals surface area contributed by atoms with Crippen LogP contribution in [0.25, 0.3) is 0 Å². The molecule has 0 fully saturated rings. The Balaban J connectivity index is 1.59. The smallest absolute Gasteiger partial charge is 0.328 e. The van der Waals surface area contributed by atoms with Crippen molar-refractivity contribution in [3.8, 4) is 0 Å². The van der Waals surface area contributed by atoms with Gasteiger partial charge in [0, 0.05) is 12.8 Å². The molecule has 4 rings (SSSR count). The molecule has 0 radical (unpaired) electrons. The molecule has 0 aromatic heterocycles. The zero-order valence-corrected chi connectivity index (χ0v) is 42.0. The van der Waals surface area contributed by atoms with E-state index in [-0.39, 0.29) is 44.3 Å². The lowest BCUT2D eigenvalue weighted by Gasteiger charge is -2.30. The lowest BCUT2D eigenvalue weighted by atomic mass is 9.92. The zero-order valence-electron chi connectivity index (χ0n) is 42.0. The molecule has 0 aliphatic heterocycles. The second-order valence-electron chi connectivity index (χ2n) is 19.0. The van der Waals surface area contributed by atoms with E-state index in [0.717, 1.165) is 16.7 Å². The number of carbonyl (C=O) groups excluding carboxylic acids is 7. The second kappa shape index (κ2) is 29.3. The van der Waals surface area contributed by atoms with Crippen LogP contribution in [0, 0.1) is 23.7 Å². The summed E-state index contributed by atoms with van der Waals surface area (Å²) in [6, 6.07) is 31.9. The fourth-order valence-electron chi connectivity index (χ4n) is 7.78. The summed E-state index contributed by atoms with van der Waals surface area (Å²) in [5.74, 6) is -6.54. The number of rotatable bonds is 28. The summed E-state index contributed by atoms with van der Waals surface area (Å²) in [6.07, 6.45) is -1.19. The van der Waals surface area contributed by atoms with Gasteiger partial charge in [-0.2, -0.15) is 0 Å². The van der Waals surface area contributed by atoms with Gasteiger partial charge in [-0.1, -0.05) is 163 Å². The van der Waals surface area contributed by atoms with Crippen molar-refractivity contribution in [3.05, 3.63) is 144 Å². The fraction of sp³-hybridized carbons (Fsp3) is 0.436. The van der Waals surface area contributed by atoms with Crippen molar-refractivity contribution in [3.63, 3.8) is 0 Å². The second-order valence-corrected chi connectivity index (χ2v) is 19.0. The summed E-state index contributed by atoms with van der Waals surface area (Å²) in [7, 11) is 0. The highest BCUT2D eigenvalue weighted by Crippen LogP contribution is 2.16. The van der Waals surface area contributed by atoms with Crippen molar-refractivity contribution < 1.29 is 43.0 Å². The molecule has 0 bridgehead atoms. The Labute approximate surface area is 418 Å². The molecule has 4 aromatic carbocycles. The molecule has 0 saturated heterocycles. The molecule has 8 N–H and O–H groups in total. The van der Waals surface area contributed by atoms with Gasteiger partial charge in [0.2, 0.25) is 35.4 Å². The average Bonchev–Trinajstić information content (AvgIpc) is 3.33. The van der Waals surface area contributed by atoms with Gasteiger partial charge in [0.15, 0.2) is 0 Å². The van der Waals surface area contributed by atoms with Crippen molar-refractivity contribution in [1.82, 2.24) is 31.9 Å². The minimum atomic E-state index is -1.37. The first-order valence-corrected chi connectivity index (χ1v) is 24.4. The van der Waals surface area contributed by atoms with E-state index in [4.69, 9.17) is 15.2 Å². The van der Waals surface area contributed by atoms with E-state index >= 15 is 0 Å². The van der Waals surface area contributed by atoms with Crippen LogP contribution in [0.15, 0.2) is 121 Å². The van der Waals surface area contributed by atoms with Gasteiger partial charge in [0.1, 0.15) is 36.8 Å². The Morgan fingerprint density at radius 3 is 1.49 bits per heavy atom. The van der Waals surface area contributed by atoms with Crippen LogP contribution in [0.2, 0.25) is 0 Å². The Hall–Kier alpha value is -6.91. The quantitative estimate of drug-likeness (QED) is 0.0237. The number of amides is 6. The standard InChI is InChI=1S/C55H73N7O9/c1-35(2)28-43(56)50(64)57-32-47(63)60-46(31-40-22-14-9-15-23-40)61-53(67)48(37(5)6)52(66)58-44(30-39-20-12-8-13-21-39)51(65)62-49(38(7)70-33-41-24-16-10-17-25-41)54(68)59-45(29-36(3)4)55(69)71-34-42-26-18-11-19-27-42/h8-27,35-38,43-46,48-49H,28-34,56H2,1-7H3,(H,57,64)(H,58,66)(H,59,68)(H,60,63)(H,61,67)(H,62,65)/t38-,43+,44+,45+,46-,48?,49+/m1/s1. The van der Waals surface area contributed by atoms with Gasteiger partial charge in [-0.05, 0) is 59.8 Å². The highest BCUT2D eigenvalue weighted by Gasteiger charge is 2.37. The highest BCUT2D eigenvalue weighted by molar-refractivity contribution is 6.03. The van der Waals surface area contributed by atoms with Crippen molar-refractivity contribution in [2.75, 3.05) is 6.54 Å². The lowest BCUT2D eigenvalue weighted by molar-refractivity contribution is -0.150. The Morgan fingerprint density at radius 1 is 0.493 bits per heavy atom. The van der Waals surface area contributed by atoms with E-state index in [0.29, 0.717) is 12.0 Å². The number of nitrogens with two attached hydrogens (primary N) is 1. The highest BCUT2D eigenvalue weighted by atomic mass is 16.5. The third-order valence-corrected chi connectivity index (χ3v) is 11.5. The van der Waals surface area contributed by atoms with Gasteiger partial charge in [-0.25, -0.2) is 4.79 Å². The van der Waals surface area contributed by atoms with Crippen LogP contribution >= 0.6 is 0 Å². The maximum atomic E-state index is 14.7. The number of ether oxygens (including phenoxy) is 2. The van der Waals surface area contributed by atoms with E-state index in [1.807, 2.05) is 119 Å². The van der Waals surface area contributed by atoms with E-state index in [1.165, 1.54) is 0 Å². The van der Waals surface area contributed by atoms with Gasteiger partial charge < -0.3 is 47.1 Å². The normalized spacial score (nSPS) is 14.2. The number of carbonyl (C=O) groups is 7. The van der Waals surface area contributed by atoms with E-state index in [1.54, 1.807) is 51.1 Å². The van der Waals surface area contributed by atoms with Crippen molar-refractivity contribution in [2.24, 2.45) is 29.4 Å². The monoisotopic (exact) mass is 976 g/mol. The fourth-order valence-corrected chi connectivity index (χ4v) is 7.78. The van der Waals surface area contributed by atoms with Gasteiger partial charge in [0.25, 0.3) is 0 Å². The van der Waals surface area contributed by atoms with E-state index in [9.17, 15) is 33.6 Å². The molecule has 0 aliphatic carbocycles. The minimum absolute atomic E-state index is 0.00657. The number of hydrogen-bond donors (Lipinski definition) is 7. The number of nitrogens with one attached hydrogen (secondary N) is 6. The molecule has 16 heteroatoms. The maximum absolute atomic E-state index is 14.7. The van der Waals surface area contributed by atoms with Crippen LogP contribution in [0.5, 0.6) is 0 Å². The molecular formula is C55H73N7O9. The summed E-state index contributed by atoms with van der Waals surface area (Å²) < 4.78 is 11.8. The predicted octanol–water partition coefficient (Wildman–Crippen LogP) is 4.64. The first-order chi connectivity index (χ1) is 33.9. The molecule has 16 nitrogen and oxygen atoms in total. The van der Waals surface area contributed by atoms with Crippen LogP contribution in [0.3, 0.4) is 0 Å². The third kappa shape index (κ3) is 20.2. The van der Waals surface area contributed by atoms with Crippen LogP contribution in [0.1, 0.15) is 83.6 Å². The first-order valence-electron chi connectivity index (χ1n) is 24.4. The molecule has 71 heavy (non-hydrogen) atoms. The molecule has 0 spiro atoms. The third-order valence-electron chi connectivity index (χ3n) is 11.5.